The lowest BCUT2D eigenvalue weighted by atomic mass is 10.1. The maximum absolute atomic E-state index is 12.7. The van der Waals surface area contributed by atoms with Crippen molar-refractivity contribution in [1.82, 2.24) is 5.32 Å². The van der Waals surface area contributed by atoms with Crippen molar-refractivity contribution in [3.05, 3.63) is 77.7 Å². The summed E-state index contributed by atoms with van der Waals surface area (Å²) in [5.74, 6) is 0.671. The van der Waals surface area contributed by atoms with E-state index in [-0.39, 0.29) is 18.4 Å². The summed E-state index contributed by atoms with van der Waals surface area (Å²) in [7, 11) is 0. The highest BCUT2D eigenvalue weighted by atomic mass is 16.5. The van der Waals surface area contributed by atoms with Crippen LogP contribution < -0.4 is 20.3 Å². The number of carbonyl (C=O) groups excluding carboxylic acids is 2. The van der Waals surface area contributed by atoms with E-state index in [1.165, 1.54) is 11.8 Å². The minimum atomic E-state index is -0.337. The second kappa shape index (κ2) is 9.60. The number of furan rings is 1. The zero-order chi connectivity index (χ0) is 22.5. The van der Waals surface area contributed by atoms with Gasteiger partial charge in [-0.05, 0) is 62.2 Å². The quantitative estimate of drug-likeness (QED) is 0.561. The van der Waals surface area contributed by atoms with Crippen molar-refractivity contribution in [2.75, 3.05) is 23.4 Å². The predicted octanol–water partition coefficient (Wildman–Crippen LogP) is 4.00. The number of hydrogen-bond acceptors (Lipinski definition) is 5. The molecule has 32 heavy (non-hydrogen) atoms. The Morgan fingerprint density at radius 2 is 1.91 bits per heavy atom. The van der Waals surface area contributed by atoms with Crippen LogP contribution in [0, 0.1) is 0 Å². The van der Waals surface area contributed by atoms with E-state index in [1.54, 1.807) is 30.3 Å². The molecule has 0 aliphatic carbocycles. The van der Waals surface area contributed by atoms with Crippen molar-refractivity contribution in [3.8, 4) is 5.75 Å². The summed E-state index contributed by atoms with van der Waals surface area (Å²) in [6.45, 7) is 5.01. The van der Waals surface area contributed by atoms with Crippen molar-refractivity contribution >= 4 is 23.2 Å². The van der Waals surface area contributed by atoms with Crippen molar-refractivity contribution in [2.45, 2.75) is 32.9 Å². The Balaban J connectivity index is 1.34. The molecule has 2 aromatic carbocycles. The average molecular weight is 434 g/mol. The van der Waals surface area contributed by atoms with E-state index in [0.717, 1.165) is 17.9 Å². The molecule has 1 atom stereocenters. The molecule has 1 unspecified atom stereocenters. The van der Waals surface area contributed by atoms with Gasteiger partial charge in [0.15, 0.2) is 0 Å². The molecule has 0 radical (unpaired) electrons. The number of benzene rings is 2. The van der Waals surface area contributed by atoms with Crippen LogP contribution in [0.15, 0.2) is 65.3 Å². The van der Waals surface area contributed by atoms with E-state index in [2.05, 4.69) is 34.6 Å². The molecule has 166 valence electrons. The van der Waals surface area contributed by atoms with Gasteiger partial charge in [0.1, 0.15) is 11.5 Å². The lowest BCUT2D eigenvalue weighted by Crippen LogP contribution is -2.34. The first-order valence-corrected chi connectivity index (χ1v) is 10.8. The van der Waals surface area contributed by atoms with E-state index in [0.29, 0.717) is 36.2 Å². The van der Waals surface area contributed by atoms with E-state index < -0.39 is 0 Å². The van der Waals surface area contributed by atoms with Gasteiger partial charge in [-0.25, -0.2) is 0 Å². The minimum Gasteiger partial charge on any atom is -0.494 e. The summed E-state index contributed by atoms with van der Waals surface area (Å²) >= 11 is 0. The van der Waals surface area contributed by atoms with Crippen molar-refractivity contribution in [2.24, 2.45) is 0 Å². The van der Waals surface area contributed by atoms with Gasteiger partial charge in [-0.1, -0.05) is 18.2 Å². The Labute approximate surface area is 187 Å². The predicted molar refractivity (Wildman–Crippen MR) is 123 cm³/mol. The highest BCUT2D eigenvalue weighted by Gasteiger charge is 2.28. The van der Waals surface area contributed by atoms with Crippen LogP contribution in [0.1, 0.15) is 35.5 Å². The number of hydrogen-bond donors (Lipinski definition) is 2. The molecule has 2 amide bonds. The summed E-state index contributed by atoms with van der Waals surface area (Å²) < 4.78 is 11.0. The number of nitrogens with one attached hydrogen (secondary N) is 2. The summed E-state index contributed by atoms with van der Waals surface area (Å²) in [5, 5.41) is 5.44. The Morgan fingerprint density at radius 1 is 1.12 bits per heavy atom. The molecular weight excluding hydrogens is 406 g/mol. The SMILES string of the molecule is CCOc1ccc(NC(=O)CNC(=O)c2ccoc2CN2c3ccccc3CC2C)cc1. The molecular formula is C25H27N3O4. The number of ether oxygens (including phenoxy) is 1. The number of anilines is 2. The molecule has 2 heterocycles. The molecule has 0 saturated heterocycles. The van der Waals surface area contributed by atoms with E-state index in [9.17, 15) is 9.59 Å². The van der Waals surface area contributed by atoms with Gasteiger partial charge in [-0.15, -0.1) is 0 Å². The summed E-state index contributed by atoms with van der Waals surface area (Å²) in [6.07, 6.45) is 2.47. The fourth-order valence-corrected chi connectivity index (χ4v) is 3.95. The Kier molecular flexibility index (Phi) is 6.44. The zero-order valence-electron chi connectivity index (χ0n) is 18.3. The van der Waals surface area contributed by atoms with E-state index in [1.807, 2.05) is 19.1 Å². The van der Waals surface area contributed by atoms with Crippen molar-refractivity contribution < 1.29 is 18.7 Å². The average Bonchev–Trinajstić information content (AvgIpc) is 3.38. The van der Waals surface area contributed by atoms with Crippen LogP contribution in [-0.4, -0.2) is 31.0 Å². The van der Waals surface area contributed by atoms with Gasteiger partial charge in [0.25, 0.3) is 5.91 Å². The maximum Gasteiger partial charge on any atom is 0.255 e. The van der Waals surface area contributed by atoms with Gasteiger partial charge < -0.3 is 24.7 Å². The third-order valence-corrected chi connectivity index (χ3v) is 5.51. The maximum atomic E-state index is 12.7. The van der Waals surface area contributed by atoms with E-state index in [4.69, 9.17) is 9.15 Å². The molecule has 7 nitrogen and oxygen atoms in total. The molecule has 1 aromatic heterocycles. The third kappa shape index (κ3) is 4.77. The van der Waals surface area contributed by atoms with Gasteiger partial charge in [0.05, 0.1) is 31.5 Å². The summed E-state index contributed by atoms with van der Waals surface area (Å²) in [6, 6.07) is 17.3. The molecule has 4 rings (SSSR count). The van der Waals surface area contributed by atoms with Crippen LogP contribution in [0.25, 0.3) is 0 Å². The molecule has 2 N–H and O–H groups in total. The van der Waals surface area contributed by atoms with Gasteiger partial charge in [-0.3, -0.25) is 9.59 Å². The second-order valence-electron chi connectivity index (χ2n) is 7.76. The molecule has 0 spiro atoms. The van der Waals surface area contributed by atoms with Crippen LogP contribution in [0.2, 0.25) is 0 Å². The van der Waals surface area contributed by atoms with Gasteiger partial charge >= 0.3 is 0 Å². The van der Waals surface area contributed by atoms with Crippen LogP contribution in [0.3, 0.4) is 0 Å². The number of para-hydroxylation sites is 1. The van der Waals surface area contributed by atoms with Crippen LogP contribution in [0.4, 0.5) is 11.4 Å². The summed E-state index contributed by atoms with van der Waals surface area (Å²) in [5.41, 5.74) is 3.54. The first-order valence-electron chi connectivity index (χ1n) is 10.8. The summed E-state index contributed by atoms with van der Waals surface area (Å²) in [4.78, 5) is 27.2. The topological polar surface area (TPSA) is 83.8 Å². The first-order chi connectivity index (χ1) is 15.5. The number of nitrogens with zero attached hydrogens (tertiary/aromatic N) is 1. The van der Waals surface area contributed by atoms with E-state index >= 15 is 0 Å². The lowest BCUT2D eigenvalue weighted by molar-refractivity contribution is -0.115. The Bertz CT molecular complexity index is 1090. The lowest BCUT2D eigenvalue weighted by Gasteiger charge is -2.24. The number of carbonyl (C=O) groups is 2. The van der Waals surface area contributed by atoms with Crippen LogP contribution >= 0.6 is 0 Å². The highest BCUT2D eigenvalue weighted by molar-refractivity contribution is 5.99. The first kappa shape index (κ1) is 21.5. The molecule has 1 aliphatic rings. The third-order valence-electron chi connectivity index (χ3n) is 5.51. The Morgan fingerprint density at radius 3 is 2.69 bits per heavy atom. The van der Waals surface area contributed by atoms with Gasteiger partial charge in [0.2, 0.25) is 5.91 Å². The fourth-order valence-electron chi connectivity index (χ4n) is 3.95. The molecule has 0 fully saturated rings. The molecule has 3 aromatic rings. The number of amides is 2. The second-order valence-corrected chi connectivity index (χ2v) is 7.76. The van der Waals surface area contributed by atoms with Crippen molar-refractivity contribution in [3.63, 3.8) is 0 Å². The normalized spacial score (nSPS) is 14.7. The minimum absolute atomic E-state index is 0.139. The zero-order valence-corrected chi connectivity index (χ0v) is 18.3. The molecule has 1 aliphatic heterocycles. The van der Waals surface area contributed by atoms with Gasteiger partial charge in [-0.2, -0.15) is 0 Å². The standard InChI is InChI=1S/C25H27N3O4/c1-3-31-20-10-8-19(9-11-20)27-24(29)15-26-25(30)21-12-13-32-23(21)16-28-17(2)14-18-6-4-5-7-22(18)28/h4-13,17H,3,14-16H2,1-2H3,(H,26,30)(H,27,29). The number of rotatable bonds is 8. The Hall–Kier alpha value is -3.74. The molecule has 7 heteroatoms. The highest BCUT2D eigenvalue weighted by Crippen LogP contribution is 2.33. The monoisotopic (exact) mass is 433 g/mol. The molecule has 0 saturated carbocycles. The van der Waals surface area contributed by atoms with Gasteiger partial charge in [0, 0.05) is 17.4 Å². The largest absolute Gasteiger partial charge is 0.494 e. The number of fused-ring (bicyclic) bond motifs is 1. The van der Waals surface area contributed by atoms with Crippen LogP contribution in [-0.2, 0) is 17.8 Å². The van der Waals surface area contributed by atoms with Crippen molar-refractivity contribution in [1.29, 1.82) is 0 Å². The smallest absolute Gasteiger partial charge is 0.255 e. The van der Waals surface area contributed by atoms with Crippen LogP contribution in [0.5, 0.6) is 5.75 Å². The molecule has 0 bridgehead atoms. The fraction of sp³-hybridized carbons (Fsp3) is 0.280.